The summed E-state index contributed by atoms with van der Waals surface area (Å²) in [5, 5.41) is 40.6. The van der Waals surface area contributed by atoms with E-state index in [4.69, 9.17) is 15.9 Å². The van der Waals surface area contributed by atoms with Crippen molar-refractivity contribution in [3.05, 3.63) is 233 Å². The van der Waals surface area contributed by atoms with Crippen LogP contribution in [0.4, 0.5) is 21.5 Å². The number of methoxy groups -OCH3 is 2. The van der Waals surface area contributed by atoms with Crippen LogP contribution in [0.3, 0.4) is 0 Å². The summed E-state index contributed by atoms with van der Waals surface area (Å²) in [7, 11) is 3.24. The summed E-state index contributed by atoms with van der Waals surface area (Å²) in [5.41, 5.74) is 14.2. The number of carbonyl (C=O) groups excluding carboxylic acids is 6. The van der Waals surface area contributed by atoms with Crippen molar-refractivity contribution < 1.29 is 42.6 Å². The van der Waals surface area contributed by atoms with Gasteiger partial charge in [0, 0.05) is 201 Å². The van der Waals surface area contributed by atoms with Crippen molar-refractivity contribution >= 4 is 125 Å². The molecule has 6 N–H and O–H groups in total. The van der Waals surface area contributed by atoms with Gasteiger partial charge in [-0.05, 0) is 202 Å². The standard InChI is InChI=1S/C36H36N8O3.C32H35N7O3S.C31H29FN6O2S/c1-47-24-36(35(46)40-29-7-8-31-30(21-29)33(42-41-31)27-9-16-37-17-10-27)13-20-43(23-36)22-32(45)44-18-11-26(12-19-44)25-3-5-28(6-4-25)34-38-14-2-15-39-34;1-42-20-32(9-14-38(19-32)18-28(40)39-12-7-22(8-13-39)30-34-11-15-43-30)31(41)35-24-4-5-26-25(17-24)29(37-36-26)23-6-10-33-27(16-23)21-2-3-21;1-2-11-31(12-16-37(20-31)19-27(39)38-14-9-22(10-15-38)29-33-13-17-41-29)30(40)34-24-7-8-26-25(18-24)28(36-35-26)21-3-5-23(32)6-4-21/h2-11,14-17,21H,12-13,18-20,22-24H2,1H3,(H,40,46)(H,41,42);4-7,10-11,15-17,21H,2-3,8-9,12-14,18-20H2,1H3,(H,35,41)(H,36,37);1,3-9,13,17-18H,10-12,14-16,19-20H2,(H,34,40)(H,35,36)/t36-;32-;/m11./s1. The third kappa shape index (κ3) is 20.0. The Morgan fingerprint density at radius 2 is 0.885 bits per heavy atom. The summed E-state index contributed by atoms with van der Waals surface area (Å²) in [6, 6.07) is 41.2. The van der Waals surface area contributed by atoms with Gasteiger partial charge in [-0.1, -0.05) is 42.5 Å². The lowest BCUT2D eigenvalue weighted by Crippen LogP contribution is -2.45. The molecule has 5 aromatic carbocycles. The van der Waals surface area contributed by atoms with Crippen molar-refractivity contribution in [2.24, 2.45) is 16.2 Å². The SMILES string of the molecule is C#CCC1(C(=O)Nc2ccc3[nH]nc(-c4ccc(F)cc4)c3c2)CCN(CC(=O)N2CC=C(c3nccs3)CC2)C1.COC[C@@]1(C(=O)Nc2ccc3[nH]nc(-c4ccnc(C5CC5)c4)c3c2)CCN(CC(=O)N2CC=C(c3nccs3)CC2)C1.COC[C@@]1(C(=O)Nc2ccc3[nH]nc(-c4ccncc4)c3c2)CCN(CC(=O)N2CC=C(c3ccc(-c4ncccn4)cc3)CC2)C1. The molecule has 3 atom stereocenters. The maximum absolute atomic E-state index is 13.8. The van der Waals surface area contributed by atoms with E-state index in [2.05, 4.69) is 129 Å². The van der Waals surface area contributed by atoms with Gasteiger partial charge in [0.2, 0.25) is 35.4 Å². The molecule has 668 valence electrons. The molecule has 20 rings (SSSR count). The summed E-state index contributed by atoms with van der Waals surface area (Å²) in [6.45, 7) is 8.31. The van der Waals surface area contributed by atoms with Crippen molar-refractivity contribution in [1.82, 2.24) is 89.9 Å². The molecule has 0 bridgehead atoms. The van der Waals surface area contributed by atoms with E-state index in [1.165, 1.54) is 41.7 Å². The summed E-state index contributed by atoms with van der Waals surface area (Å²) >= 11 is 3.24. The van der Waals surface area contributed by atoms with Gasteiger partial charge >= 0.3 is 0 Å². The molecular formula is C99H100FN21O8S2. The molecule has 131 heavy (non-hydrogen) atoms. The average molecular weight is 1800 g/mol. The number of benzene rings is 5. The largest absolute Gasteiger partial charge is 0.384 e. The number of H-pyrrole nitrogens is 3. The molecule has 7 aliphatic rings. The Hall–Kier alpha value is -13.5. The predicted molar refractivity (Wildman–Crippen MR) is 505 cm³/mol. The van der Waals surface area contributed by atoms with Crippen LogP contribution in [0.15, 0.2) is 206 Å². The van der Waals surface area contributed by atoms with Crippen LogP contribution in [0.2, 0.25) is 0 Å². The fourth-order valence-corrected chi connectivity index (χ4v) is 19.9. The molecule has 14 heterocycles. The number of anilines is 3. The number of hydrogen-bond donors (Lipinski definition) is 6. The number of hydrogen-bond acceptors (Lipinski definition) is 22. The number of ether oxygens (including phenoxy) is 2. The zero-order valence-corrected chi connectivity index (χ0v) is 74.5. The number of nitrogens with one attached hydrogen (secondary N) is 6. The highest BCUT2D eigenvalue weighted by Crippen LogP contribution is 2.43. The molecule has 8 aromatic heterocycles. The third-order valence-corrected chi connectivity index (χ3v) is 27.6. The molecule has 6 aliphatic heterocycles. The van der Waals surface area contributed by atoms with Crippen LogP contribution < -0.4 is 16.0 Å². The van der Waals surface area contributed by atoms with Crippen LogP contribution in [0.5, 0.6) is 0 Å². The Labute approximate surface area is 764 Å². The van der Waals surface area contributed by atoms with Crippen molar-refractivity contribution in [1.29, 1.82) is 0 Å². The van der Waals surface area contributed by atoms with E-state index in [0.717, 1.165) is 107 Å². The first-order chi connectivity index (χ1) is 64.0. The molecule has 3 saturated heterocycles. The maximum Gasteiger partial charge on any atom is 0.237 e. The fraction of sp³-hybridized carbons (Fsp3) is 0.323. The second-order valence-corrected chi connectivity index (χ2v) is 36.4. The minimum absolute atomic E-state index is 0.0510. The second-order valence-electron chi connectivity index (χ2n) is 34.6. The topological polar surface area (TPSA) is 340 Å². The van der Waals surface area contributed by atoms with Gasteiger partial charge in [0.15, 0.2) is 5.82 Å². The Morgan fingerprint density at radius 3 is 1.32 bits per heavy atom. The van der Waals surface area contributed by atoms with Crippen LogP contribution in [0, 0.1) is 34.4 Å². The van der Waals surface area contributed by atoms with Crippen LogP contribution in [-0.2, 0) is 38.2 Å². The number of amides is 6. The number of terminal acetylenes is 1. The number of aromatic nitrogens is 12. The number of thiazole rings is 2. The molecule has 1 saturated carbocycles. The molecular weight excluding hydrogens is 1690 g/mol. The molecule has 32 heteroatoms. The molecule has 6 amide bonds. The smallest absolute Gasteiger partial charge is 0.237 e. The zero-order chi connectivity index (χ0) is 90.0. The van der Waals surface area contributed by atoms with Crippen molar-refractivity contribution in [2.75, 3.05) is 142 Å². The number of rotatable bonds is 25. The highest BCUT2D eigenvalue weighted by atomic mass is 32.1. The van der Waals surface area contributed by atoms with Crippen LogP contribution >= 0.6 is 22.7 Å². The first-order valence-electron chi connectivity index (χ1n) is 44.1. The van der Waals surface area contributed by atoms with Crippen molar-refractivity contribution in [3.63, 3.8) is 0 Å². The van der Waals surface area contributed by atoms with Gasteiger partial charge in [0.05, 0.1) is 71.3 Å². The number of nitrogens with zero attached hydrogens (tertiary/aromatic N) is 15. The Balaban J connectivity index is 0.000000132. The third-order valence-electron chi connectivity index (χ3n) is 25.9. The Bertz CT molecular complexity index is 6480. The number of carbonyl (C=O) groups is 6. The predicted octanol–water partition coefficient (Wildman–Crippen LogP) is 14.0. The summed E-state index contributed by atoms with van der Waals surface area (Å²) in [6.07, 6.45) is 31.3. The van der Waals surface area contributed by atoms with E-state index in [-0.39, 0.29) is 80.5 Å². The van der Waals surface area contributed by atoms with Gasteiger partial charge in [0.1, 0.15) is 27.2 Å². The number of pyridine rings is 2. The van der Waals surface area contributed by atoms with Gasteiger partial charge in [0.25, 0.3) is 0 Å². The molecule has 29 nitrogen and oxygen atoms in total. The average Bonchev–Trinajstić information content (AvgIpc) is 1.47. The van der Waals surface area contributed by atoms with E-state index >= 15 is 0 Å². The number of fused-ring (bicyclic) bond motifs is 3. The quantitative estimate of drug-likeness (QED) is 0.0289. The number of likely N-dealkylation sites (tertiary alicyclic amines) is 3. The second kappa shape index (κ2) is 39.4. The normalized spacial score (nSPS) is 19.4. The Morgan fingerprint density at radius 1 is 0.466 bits per heavy atom. The van der Waals surface area contributed by atoms with E-state index in [9.17, 15) is 33.2 Å². The summed E-state index contributed by atoms with van der Waals surface area (Å²) < 4.78 is 24.6. The lowest BCUT2D eigenvalue weighted by atomic mass is 9.82. The van der Waals surface area contributed by atoms with Gasteiger partial charge < -0.3 is 40.1 Å². The van der Waals surface area contributed by atoms with E-state index in [0.29, 0.717) is 132 Å². The monoisotopic (exact) mass is 1790 g/mol. The lowest BCUT2D eigenvalue weighted by molar-refractivity contribution is -0.133. The van der Waals surface area contributed by atoms with Gasteiger partial charge in [-0.15, -0.1) is 35.0 Å². The number of aromatic amines is 3. The summed E-state index contributed by atoms with van der Waals surface area (Å²) in [4.78, 5) is 119. The number of halogens is 1. The van der Waals surface area contributed by atoms with E-state index < -0.39 is 16.2 Å². The lowest BCUT2D eigenvalue weighted by Gasteiger charge is -2.30. The van der Waals surface area contributed by atoms with E-state index in [1.807, 2.05) is 128 Å². The van der Waals surface area contributed by atoms with Crippen molar-refractivity contribution in [2.45, 2.75) is 63.7 Å². The fourth-order valence-electron chi connectivity index (χ4n) is 18.5. The van der Waals surface area contributed by atoms with Crippen LogP contribution in [0.1, 0.15) is 85.0 Å². The van der Waals surface area contributed by atoms with Crippen LogP contribution in [0.25, 0.3) is 94.6 Å². The minimum atomic E-state index is -0.792. The first-order valence-corrected chi connectivity index (χ1v) is 45.9. The maximum atomic E-state index is 13.8. The molecule has 0 spiro atoms. The Kier molecular flexibility index (Phi) is 26.5. The minimum Gasteiger partial charge on any atom is -0.384 e. The molecule has 1 unspecified atom stereocenters. The van der Waals surface area contributed by atoms with Crippen LogP contribution in [-0.4, -0.2) is 251 Å². The highest BCUT2D eigenvalue weighted by Gasteiger charge is 2.48. The first kappa shape index (κ1) is 88.1. The zero-order valence-electron chi connectivity index (χ0n) is 72.8. The highest BCUT2D eigenvalue weighted by molar-refractivity contribution is 7.11. The van der Waals surface area contributed by atoms with Crippen molar-refractivity contribution in [3.8, 4) is 57.5 Å². The molecule has 4 fully saturated rings. The summed E-state index contributed by atoms with van der Waals surface area (Å²) in [5.74, 6) is 3.46. The molecule has 1 aliphatic carbocycles. The molecule has 0 radical (unpaired) electrons. The van der Waals surface area contributed by atoms with Gasteiger partial charge in [-0.25, -0.2) is 24.3 Å². The molecule has 13 aromatic rings. The van der Waals surface area contributed by atoms with E-state index in [1.54, 1.807) is 86.1 Å². The van der Waals surface area contributed by atoms with Gasteiger partial charge in [-0.3, -0.25) is 68.7 Å². The van der Waals surface area contributed by atoms with Gasteiger partial charge in [-0.2, -0.15) is 15.3 Å².